The Balaban J connectivity index is 2.33. The van der Waals surface area contributed by atoms with Gasteiger partial charge in [-0.15, -0.1) is 0 Å². The summed E-state index contributed by atoms with van der Waals surface area (Å²) in [6.07, 6.45) is 0. The molecule has 0 saturated carbocycles. The molecule has 2 N–H and O–H groups in total. The van der Waals surface area contributed by atoms with E-state index in [9.17, 15) is 0 Å². The molecule has 0 amide bonds. The van der Waals surface area contributed by atoms with Crippen LogP contribution < -0.4 is 10.1 Å². The number of hydrogen-bond acceptors (Lipinski definition) is 2. The second-order valence-corrected chi connectivity index (χ2v) is 4.88. The highest BCUT2D eigenvalue weighted by molar-refractivity contribution is 5.36. The molecule has 0 spiro atoms. The third-order valence-electron chi connectivity index (χ3n) is 2.98. The van der Waals surface area contributed by atoms with Crippen LogP contribution in [0, 0.1) is 6.92 Å². The first-order chi connectivity index (χ1) is 8.65. The lowest BCUT2D eigenvalue weighted by molar-refractivity contribution is -0.656. The highest BCUT2D eigenvalue weighted by atomic mass is 16.5. The molecule has 0 aliphatic carbocycles. The number of nitrogens with two attached hydrogens (primary N) is 1. The predicted octanol–water partition coefficient (Wildman–Crippen LogP) is 1.71. The van der Waals surface area contributed by atoms with Gasteiger partial charge in [-0.25, -0.2) is 0 Å². The molecule has 0 aliphatic rings. The topological polar surface area (TPSA) is 35.1 Å². The molecule has 0 heterocycles. The molecule has 0 bridgehead atoms. The summed E-state index contributed by atoms with van der Waals surface area (Å²) in [5, 5.41) is 2.21. The average molecular weight is 252 g/mol. The molecule has 1 aromatic rings. The number of ether oxygens (including phenoxy) is 2. The summed E-state index contributed by atoms with van der Waals surface area (Å²) in [6.45, 7) is 10.1. The number of benzene rings is 1. The first-order valence-electron chi connectivity index (χ1n) is 6.69. The molecule has 0 aliphatic heterocycles. The quantitative estimate of drug-likeness (QED) is 0.715. The van der Waals surface area contributed by atoms with E-state index in [0.29, 0.717) is 5.92 Å². The van der Waals surface area contributed by atoms with Crippen molar-refractivity contribution >= 4 is 0 Å². The summed E-state index contributed by atoms with van der Waals surface area (Å²) in [5.74, 6) is 1.54. The summed E-state index contributed by atoms with van der Waals surface area (Å²) in [5.41, 5.74) is 2.71. The van der Waals surface area contributed by atoms with Gasteiger partial charge in [-0.3, -0.25) is 0 Å². The van der Waals surface area contributed by atoms with Crippen LogP contribution in [0.3, 0.4) is 0 Å². The van der Waals surface area contributed by atoms with Crippen LogP contribution in [0.5, 0.6) is 5.75 Å². The van der Waals surface area contributed by atoms with Crippen molar-refractivity contribution in [3.63, 3.8) is 0 Å². The van der Waals surface area contributed by atoms with Crippen molar-refractivity contribution in [1.29, 1.82) is 0 Å². The first-order valence-corrected chi connectivity index (χ1v) is 6.69. The largest absolute Gasteiger partial charge is 0.488 e. The van der Waals surface area contributed by atoms with Crippen molar-refractivity contribution in [2.45, 2.75) is 26.7 Å². The van der Waals surface area contributed by atoms with E-state index >= 15 is 0 Å². The van der Waals surface area contributed by atoms with Crippen LogP contribution in [0.2, 0.25) is 0 Å². The molecule has 1 aromatic carbocycles. The van der Waals surface area contributed by atoms with Crippen LogP contribution in [0.4, 0.5) is 0 Å². The Morgan fingerprint density at radius 2 is 1.89 bits per heavy atom. The maximum Gasteiger partial charge on any atom is 0.137 e. The molecule has 3 heteroatoms. The van der Waals surface area contributed by atoms with Gasteiger partial charge in [0.1, 0.15) is 18.9 Å². The SMILES string of the molecule is COCC[NH2+]CCOc1ccc(C(C)C)c(C)c1. The van der Waals surface area contributed by atoms with Crippen LogP contribution in [0.1, 0.15) is 30.9 Å². The van der Waals surface area contributed by atoms with E-state index in [0.717, 1.165) is 32.1 Å². The fourth-order valence-electron chi connectivity index (χ4n) is 1.99. The maximum atomic E-state index is 5.73. The Bertz CT molecular complexity index is 350. The monoisotopic (exact) mass is 252 g/mol. The van der Waals surface area contributed by atoms with E-state index in [2.05, 4.69) is 44.3 Å². The van der Waals surface area contributed by atoms with Crippen LogP contribution in [0.25, 0.3) is 0 Å². The number of aryl methyl sites for hydroxylation is 1. The Labute approximate surface area is 110 Å². The highest BCUT2D eigenvalue weighted by Crippen LogP contribution is 2.23. The molecular weight excluding hydrogens is 226 g/mol. The van der Waals surface area contributed by atoms with Crippen molar-refractivity contribution in [2.75, 3.05) is 33.4 Å². The zero-order chi connectivity index (χ0) is 13.4. The summed E-state index contributed by atoms with van der Waals surface area (Å²) in [4.78, 5) is 0. The molecule has 0 unspecified atom stereocenters. The third-order valence-corrected chi connectivity index (χ3v) is 2.98. The normalized spacial score (nSPS) is 10.9. The second kappa shape index (κ2) is 8.11. The zero-order valence-electron chi connectivity index (χ0n) is 12.0. The van der Waals surface area contributed by atoms with Crippen molar-refractivity contribution < 1.29 is 14.8 Å². The molecule has 0 aromatic heterocycles. The Hall–Kier alpha value is -1.06. The van der Waals surface area contributed by atoms with Crippen LogP contribution in [-0.2, 0) is 4.74 Å². The molecule has 0 radical (unpaired) electrons. The van der Waals surface area contributed by atoms with E-state index in [4.69, 9.17) is 9.47 Å². The maximum absolute atomic E-state index is 5.73. The van der Waals surface area contributed by atoms with Gasteiger partial charge >= 0.3 is 0 Å². The molecule has 102 valence electrons. The van der Waals surface area contributed by atoms with Gasteiger partial charge in [0.15, 0.2) is 0 Å². The smallest absolute Gasteiger partial charge is 0.137 e. The van der Waals surface area contributed by atoms with Gasteiger partial charge in [-0.2, -0.15) is 0 Å². The second-order valence-electron chi connectivity index (χ2n) is 4.88. The van der Waals surface area contributed by atoms with Crippen LogP contribution in [0.15, 0.2) is 18.2 Å². The molecule has 18 heavy (non-hydrogen) atoms. The minimum atomic E-state index is 0.571. The highest BCUT2D eigenvalue weighted by Gasteiger charge is 2.04. The predicted molar refractivity (Wildman–Crippen MR) is 74.3 cm³/mol. The lowest BCUT2D eigenvalue weighted by Crippen LogP contribution is -2.86. The van der Waals surface area contributed by atoms with Gasteiger partial charge in [-0.1, -0.05) is 19.9 Å². The van der Waals surface area contributed by atoms with E-state index in [-0.39, 0.29) is 0 Å². The van der Waals surface area contributed by atoms with Crippen LogP contribution >= 0.6 is 0 Å². The Morgan fingerprint density at radius 1 is 1.17 bits per heavy atom. The van der Waals surface area contributed by atoms with Crippen molar-refractivity contribution in [3.8, 4) is 5.75 Å². The molecular formula is C15H26NO2+. The minimum Gasteiger partial charge on any atom is -0.488 e. The molecule has 3 nitrogen and oxygen atoms in total. The molecule has 0 saturated heterocycles. The lowest BCUT2D eigenvalue weighted by atomic mass is 9.98. The molecule has 0 fully saturated rings. The van der Waals surface area contributed by atoms with E-state index in [1.54, 1.807) is 7.11 Å². The lowest BCUT2D eigenvalue weighted by Gasteiger charge is -2.12. The van der Waals surface area contributed by atoms with E-state index < -0.39 is 0 Å². The summed E-state index contributed by atoms with van der Waals surface area (Å²) < 4.78 is 10.7. The summed E-state index contributed by atoms with van der Waals surface area (Å²) in [7, 11) is 1.73. The first kappa shape index (κ1) is 15.0. The summed E-state index contributed by atoms with van der Waals surface area (Å²) >= 11 is 0. The van der Waals surface area contributed by atoms with Gasteiger partial charge in [0.05, 0.1) is 13.2 Å². The van der Waals surface area contributed by atoms with Crippen LogP contribution in [-0.4, -0.2) is 33.4 Å². The van der Waals surface area contributed by atoms with Gasteiger partial charge < -0.3 is 14.8 Å². The van der Waals surface area contributed by atoms with E-state index in [1.807, 2.05) is 0 Å². The average Bonchev–Trinajstić information content (AvgIpc) is 2.33. The van der Waals surface area contributed by atoms with Gasteiger partial charge in [-0.05, 0) is 36.1 Å². The standard InChI is InChI=1S/C15H25NO2/c1-12(2)15-6-5-14(11-13(15)3)18-10-8-16-7-9-17-4/h5-6,11-12,16H,7-10H2,1-4H3/p+1. The fourth-order valence-corrected chi connectivity index (χ4v) is 1.99. The van der Waals surface area contributed by atoms with Crippen molar-refractivity contribution in [1.82, 2.24) is 0 Å². The number of rotatable bonds is 8. The van der Waals surface area contributed by atoms with Gasteiger partial charge in [0.25, 0.3) is 0 Å². The Kier molecular flexibility index (Phi) is 6.76. The van der Waals surface area contributed by atoms with E-state index in [1.165, 1.54) is 11.1 Å². The van der Waals surface area contributed by atoms with Crippen molar-refractivity contribution in [2.24, 2.45) is 0 Å². The fraction of sp³-hybridized carbons (Fsp3) is 0.600. The number of quaternary nitrogens is 1. The minimum absolute atomic E-state index is 0.571. The van der Waals surface area contributed by atoms with Gasteiger partial charge in [0, 0.05) is 7.11 Å². The third kappa shape index (κ3) is 5.07. The number of methoxy groups -OCH3 is 1. The molecule has 0 atom stereocenters. The number of hydrogen-bond donors (Lipinski definition) is 1. The Morgan fingerprint density at radius 3 is 2.50 bits per heavy atom. The zero-order valence-corrected chi connectivity index (χ0v) is 12.0. The van der Waals surface area contributed by atoms with Crippen molar-refractivity contribution in [3.05, 3.63) is 29.3 Å². The summed E-state index contributed by atoms with van der Waals surface area (Å²) in [6, 6.07) is 6.37. The van der Waals surface area contributed by atoms with Gasteiger partial charge in [0.2, 0.25) is 0 Å². The molecule has 1 rings (SSSR count).